The molecule has 0 bridgehead atoms. The second kappa shape index (κ2) is 6.92. The van der Waals surface area contributed by atoms with Crippen molar-refractivity contribution in [3.8, 4) is 0 Å². The van der Waals surface area contributed by atoms with Crippen molar-refractivity contribution in [1.82, 2.24) is 9.78 Å². The highest BCUT2D eigenvalue weighted by molar-refractivity contribution is 6.02. The summed E-state index contributed by atoms with van der Waals surface area (Å²) in [6, 6.07) is 18.0. The van der Waals surface area contributed by atoms with Crippen molar-refractivity contribution in [2.75, 3.05) is 5.32 Å². The Balaban J connectivity index is 1.61. The second-order valence-electron chi connectivity index (χ2n) is 6.29. The fourth-order valence-electron chi connectivity index (χ4n) is 2.87. The molecule has 0 fully saturated rings. The third-order valence-corrected chi connectivity index (χ3v) is 4.24. The minimum atomic E-state index is -0.495. The minimum Gasteiger partial charge on any atom is -0.451 e. The van der Waals surface area contributed by atoms with Gasteiger partial charge in [0.05, 0.1) is 18.1 Å². The monoisotopic (exact) mass is 359 g/mol. The zero-order valence-electron chi connectivity index (χ0n) is 14.7. The smallest absolute Gasteiger partial charge is 0.292 e. The van der Waals surface area contributed by atoms with Crippen LogP contribution >= 0.6 is 0 Å². The van der Waals surface area contributed by atoms with E-state index in [0.29, 0.717) is 23.3 Å². The van der Waals surface area contributed by atoms with Crippen LogP contribution in [0, 0.1) is 6.92 Å². The van der Waals surface area contributed by atoms with Gasteiger partial charge < -0.3 is 9.73 Å². The molecule has 2 aromatic heterocycles. The maximum atomic E-state index is 12.6. The van der Waals surface area contributed by atoms with Gasteiger partial charge in [0.1, 0.15) is 11.4 Å². The molecule has 4 aromatic rings. The van der Waals surface area contributed by atoms with Crippen LogP contribution in [-0.4, -0.2) is 15.7 Å². The summed E-state index contributed by atoms with van der Waals surface area (Å²) in [5.41, 5.74) is 2.15. The lowest BCUT2D eigenvalue weighted by Gasteiger charge is -2.09. The SMILES string of the molecule is Cc1ccc2c(=O)cc(C(=O)Nc3ccnn3Cc3ccccc3)oc2c1. The lowest BCUT2D eigenvalue weighted by Crippen LogP contribution is -2.18. The van der Waals surface area contributed by atoms with E-state index in [4.69, 9.17) is 4.42 Å². The van der Waals surface area contributed by atoms with Crippen LogP contribution in [-0.2, 0) is 6.54 Å². The number of carbonyl (C=O) groups is 1. The van der Waals surface area contributed by atoms with E-state index in [1.165, 1.54) is 6.07 Å². The minimum absolute atomic E-state index is 0.0365. The average Bonchev–Trinajstić information content (AvgIpc) is 3.08. The zero-order valence-corrected chi connectivity index (χ0v) is 14.7. The van der Waals surface area contributed by atoms with Gasteiger partial charge in [-0.2, -0.15) is 5.10 Å². The van der Waals surface area contributed by atoms with Crippen molar-refractivity contribution >= 4 is 22.7 Å². The van der Waals surface area contributed by atoms with E-state index in [0.717, 1.165) is 11.1 Å². The molecule has 0 unspecified atom stereocenters. The van der Waals surface area contributed by atoms with Gasteiger partial charge >= 0.3 is 0 Å². The molecule has 0 atom stereocenters. The molecule has 0 saturated heterocycles. The first-order chi connectivity index (χ1) is 13.1. The Hall–Kier alpha value is -3.67. The van der Waals surface area contributed by atoms with Gasteiger partial charge in [0.2, 0.25) is 0 Å². The first kappa shape index (κ1) is 16.8. The highest BCUT2D eigenvalue weighted by atomic mass is 16.3. The third-order valence-electron chi connectivity index (χ3n) is 4.24. The van der Waals surface area contributed by atoms with Gasteiger partial charge in [-0.3, -0.25) is 9.59 Å². The van der Waals surface area contributed by atoms with Gasteiger partial charge in [0.25, 0.3) is 5.91 Å². The first-order valence-electron chi connectivity index (χ1n) is 8.52. The molecule has 0 saturated carbocycles. The van der Waals surface area contributed by atoms with Crippen LogP contribution in [0.1, 0.15) is 21.7 Å². The quantitative estimate of drug-likeness (QED) is 0.604. The van der Waals surface area contributed by atoms with Crippen LogP contribution in [0.3, 0.4) is 0 Å². The number of aromatic nitrogens is 2. The lowest BCUT2D eigenvalue weighted by molar-refractivity contribution is 0.0996. The Kier molecular flexibility index (Phi) is 4.30. The molecule has 0 aliphatic carbocycles. The van der Waals surface area contributed by atoms with Crippen molar-refractivity contribution < 1.29 is 9.21 Å². The van der Waals surface area contributed by atoms with Gasteiger partial charge in [0, 0.05) is 12.1 Å². The number of carbonyl (C=O) groups excluding carboxylic acids is 1. The van der Waals surface area contributed by atoms with E-state index in [-0.39, 0.29) is 11.2 Å². The number of amides is 1. The van der Waals surface area contributed by atoms with Crippen molar-refractivity contribution in [2.24, 2.45) is 0 Å². The molecule has 1 amide bonds. The Morgan fingerprint density at radius 3 is 2.74 bits per heavy atom. The standard InChI is InChI=1S/C21H17N3O3/c1-14-7-8-16-17(25)12-19(27-18(16)11-14)21(26)23-20-9-10-22-24(20)13-15-5-3-2-4-6-15/h2-12H,13H2,1H3,(H,23,26). The van der Waals surface area contributed by atoms with E-state index < -0.39 is 5.91 Å². The third kappa shape index (κ3) is 3.50. The van der Waals surface area contributed by atoms with E-state index in [2.05, 4.69) is 10.4 Å². The number of hydrogen-bond donors (Lipinski definition) is 1. The number of nitrogens with one attached hydrogen (secondary N) is 1. The molecule has 1 N–H and O–H groups in total. The molecule has 0 aliphatic heterocycles. The number of benzene rings is 2. The predicted molar refractivity (Wildman–Crippen MR) is 103 cm³/mol. The summed E-state index contributed by atoms with van der Waals surface area (Å²) in [6.45, 7) is 2.42. The number of aryl methyl sites for hydroxylation is 1. The number of rotatable bonds is 4. The normalized spacial score (nSPS) is 10.9. The molecule has 2 aromatic carbocycles. The fourth-order valence-corrected chi connectivity index (χ4v) is 2.87. The average molecular weight is 359 g/mol. The number of nitrogens with zero attached hydrogens (tertiary/aromatic N) is 2. The number of hydrogen-bond acceptors (Lipinski definition) is 4. The predicted octanol–water partition coefficient (Wildman–Crippen LogP) is 3.60. The Labute approximate surface area is 155 Å². The van der Waals surface area contributed by atoms with Gasteiger partial charge in [-0.25, -0.2) is 4.68 Å². The molecule has 0 radical (unpaired) electrons. The molecule has 0 spiro atoms. The van der Waals surface area contributed by atoms with Crippen LogP contribution in [0.15, 0.2) is 76.1 Å². The van der Waals surface area contributed by atoms with Gasteiger partial charge in [0.15, 0.2) is 11.2 Å². The molecular formula is C21H17N3O3. The highest BCUT2D eigenvalue weighted by Crippen LogP contribution is 2.16. The Morgan fingerprint density at radius 1 is 1.11 bits per heavy atom. The van der Waals surface area contributed by atoms with E-state index in [1.807, 2.05) is 43.3 Å². The van der Waals surface area contributed by atoms with Crippen molar-refractivity contribution in [3.05, 3.63) is 94.0 Å². The van der Waals surface area contributed by atoms with Crippen LogP contribution in [0.2, 0.25) is 0 Å². The number of anilines is 1. The van der Waals surface area contributed by atoms with Crippen LogP contribution in [0.5, 0.6) is 0 Å². The summed E-state index contributed by atoms with van der Waals surface area (Å²) in [6.07, 6.45) is 1.61. The largest absolute Gasteiger partial charge is 0.451 e. The van der Waals surface area contributed by atoms with E-state index in [1.54, 1.807) is 29.1 Å². The summed E-state index contributed by atoms with van der Waals surface area (Å²) in [5, 5.41) is 7.46. The fraction of sp³-hybridized carbons (Fsp3) is 0.0952. The molecular weight excluding hydrogens is 342 g/mol. The van der Waals surface area contributed by atoms with Gasteiger partial charge in [-0.15, -0.1) is 0 Å². The lowest BCUT2D eigenvalue weighted by atomic mass is 10.1. The Bertz CT molecular complexity index is 1180. The highest BCUT2D eigenvalue weighted by Gasteiger charge is 2.15. The van der Waals surface area contributed by atoms with Crippen molar-refractivity contribution in [1.29, 1.82) is 0 Å². The summed E-state index contributed by atoms with van der Waals surface area (Å²) >= 11 is 0. The zero-order chi connectivity index (χ0) is 18.8. The maximum Gasteiger partial charge on any atom is 0.292 e. The van der Waals surface area contributed by atoms with Crippen LogP contribution in [0.4, 0.5) is 5.82 Å². The van der Waals surface area contributed by atoms with E-state index >= 15 is 0 Å². The first-order valence-corrected chi connectivity index (χ1v) is 8.52. The molecule has 6 nitrogen and oxygen atoms in total. The Morgan fingerprint density at radius 2 is 1.93 bits per heavy atom. The van der Waals surface area contributed by atoms with Gasteiger partial charge in [-0.05, 0) is 30.2 Å². The topological polar surface area (TPSA) is 77.1 Å². The van der Waals surface area contributed by atoms with Gasteiger partial charge in [-0.1, -0.05) is 36.4 Å². The van der Waals surface area contributed by atoms with Crippen LogP contribution < -0.4 is 10.7 Å². The molecule has 27 heavy (non-hydrogen) atoms. The van der Waals surface area contributed by atoms with Crippen molar-refractivity contribution in [3.63, 3.8) is 0 Å². The summed E-state index contributed by atoms with van der Waals surface area (Å²) in [4.78, 5) is 24.9. The molecule has 134 valence electrons. The summed E-state index contributed by atoms with van der Waals surface area (Å²) < 4.78 is 7.33. The molecule has 4 rings (SSSR count). The van der Waals surface area contributed by atoms with Crippen molar-refractivity contribution in [2.45, 2.75) is 13.5 Å². The molecule has 6 heteroatoms. The van der Waals surface area contributed by atoms with E-state index in [9.17, 15) is 9.59 Å². The molecule has 0 aliphatic rings. The molecule has 2 heterocycles. The maximum absolute atomic E-state index is 12.6. The summed E-state index contributed by atoms with van der Waals surface area (Å²) in [5.74, 6) is -0.00767. The second-order valence-corrected chi connectivity index (χ2v) is 6.29. The van der Waals surface area contributed by atoms with Crippen LogP contribution in [0.25, 0.3) is 11.0 Å². The number of fused-ring (bicyclic) bond motifs is 1. The summed E-state index contributed by atoms with van der Waals surface area (Å²) in [7, 11) is 0.